The van der Waals surface area contributed by atoms with Crippen LogP contribution in [0.15, 0.2) is 0 Å². The van der Waals surface area contributed by atoms with E-state index in [1.807, 2.05) is 4.90 Å². The molecule has 1 heterocycles. The van der Waals surface area contributed by atoms with E-state index < -0.39 is 0 Å². The van der Waals surface area contributed by atoms with Gasteiger partial charge in [-0.25, -0.2) is 0 Å². The standard InChI is InChI=1S/C14H24N2OS/c15-14(18)12-7-3-4-10-16(12)13(17)9-8-11-5-1-2-6-11/h11-12H,1-10H2,(H2,15,18). The van der Waals surface area contributed by atoms with Gasteiger partial charge >= 0.3 is 0 Å². The molecular formula is C14H24N2OS. The van der Waals surface area contributed by atoms with Crippen molar-refractivity contribution in [2.24, 2.45) is 11.7 Å². The molecule has 2 rings (SSSR count). The average molecular weight is 268 g/mol. The number of carbonyl (C=O) groups is 1. The van der Waals surface area contributed by atoms with E-state index in [1.165, 1.54) is 25.7 Å². The van der Waals surface area contributed by atoms with Gasteiger partial charge in [-0.15, -0.1) is 0 Å². The van der Waals surface area contributed by atoms with Gasteiger partial charge in [0.15, 0.2) is 0 Å². The van der Waals surface area contributed by atoms with Gasteiger partial charge < -0.3 is 10.6 Å². The highest BCUT2D eigenvalue weighted by atomic mass is 32.1. The van der Waals surface area contributed by atoms with Crippen LogP contribution in [0.4, 0.5) is 0 Å². The fourth-order valence-electron chi connectivity index (χ4n) is 3.30. The van der Waals surface area contributed by atoms with Crippen LogP contribution in [0.5, 0.6) is 0 Å². The van der Waals surface area contributed by atoms with Crippen LogP contribution in [0, 0.1) is 5.92 Å². The smallest absolute Gasteiger partial charge is 0.223 e. The third-order valence-corrected chi connectivity index (χ3v) is 4.66. The zero-order valence-corrected chi connectivity index (χ0v) is 11.9. The van der Waals surface area contributed by atoms with Crippen LogP contribution in [0.2, 0.25) is 0 Å². The van der Waals surface area contributed by atoms with Crippen molar-refractivity contribution in [3.63, 3.8) is 0 Å². The van der Waals surface area contributed by atoms with Gasteiger partial charge in [0, 0.05) is 13.0 Å². The van der Waals surface area contributed by atoms with Crippen molar-refractivity contribution in [3.05, 3.63) is 0 Å². The van der Waals surface area contributed by atoms with Crippen LogP contribution in [-0.4, -0.2) is 28.4 Å². The molecule has 2 N–H and O–H groups in total. The molecular weight excluding hydrogens is 244 g/mol. The van der Waals surface area contributed by atoms with E-state index in [2.05, 4.69) is 0 Å². The number of hydrogen-bond acceptors (Lipinski definition) is 2. The molecule has 0 bridgehead atoms. The molecule has 0 aromatic rings. The lowest BCUT2D eigenvalue weighted by molar-refractivity contribution is -0.133. The lowest BCUT2D eigenvalue weighted by Gasteiger charge is -2.35. The number of rotatable bonds is 4. The van der Waals surface area contributed by atoms with Crippen LogP contribution in [0.3, 0.4) is 0 Å². The summed E-state index contributed by atoms with van der Waals surface area (Å²) in [6, 6.07) is 0.0184. The molecule has 0 aromatic carbocycles. The molecule has 1 amide bonds. The summed E-state index contributed by atoms with van der Waals surface area (Å²) in [5.74, 6) is 1.04. The molecule has 1 unspecified atom stereocenters. The molecule has 2 fully saturated rings. The zero-order valence-electron chi connectivity index (χ0n) is 11.1. The lowest BCUT2D eigenvalue weighted by Crippen LogP contribution is -2.49. The fourth-order valence-corrected chi connectivity index (χ4v) is 3.54. The van der Waals surface area contributed by atoms with E-state index in [0.29, 0.717) is 11.4 Å². The van der Waals surface area contributed by atoms with E-state index in [9.17, 15) is 4.79 Å². The van der Waals surface area contributed by atoms with Gasteiger partial charge in [0.2, 0.25) is 5.91 Å². The zero-order chi connectivity index (χ0) is 13.0. The number of carbonyl (C=O) groups excluding carboxylic acids is 1. The van der Waals surface area contributed by atoms with Crippen molar-refractivity contribution in [1.29, 1.82) is 0 Å². The SMILES string of the molecule is NC(=S)C1CCCCN1C(=O)CCC1CCCC1. The maximum Gasteiger partial charge on any atom is 0.223 e. The predicted octanol–water partition coefficient (Wildman–Crippen LogP) is 2.62. The van der Waals surface area contributed by atoms with E-state index in [4.69, 9.17) is 18.0 Å². The number of piperidine rings is 1. The van der Waals surface area contributed by atoms with Gasteiger partial charge in [0.1, 0.15) is 0 Å². The number of thiocarbonyl (C=S) groups is 1. The van der Waals surface area contributed by atoms with Crippen LogP contribution in [0.25, 0.3) is 0 Å². The van der Waals surface area contributed by atoms with E-state index >= 15 is 0 Å². The third kappa shape index (κ3) is 3.44. The quantitative estimate of drug-likeness (QED) is 0.797. The number of nitrogens with zero attached hydrogens (tertiary/aromatic N) is 1. The Morgan fingerprint density at radius 1 is 1.17 bits per heavy atom. The summed E-state index contributed by atoms with van der Waals surface area (Å²) in [6.07, 6.45) is 10.2. The second kappa shape index (κ2) is 6.50. The molecule has 1 saturated carbocycles. The normalized spacial score (nSPS) is 25.3. The Balaban J connectivity index is 1.83. The molecule has 2 aliphatic rings. The third-order valence-electron chi connectivity index (χ3n) is 4.39. The van der Waals surface area contributed by atoms with E-state index in [1.54, 1.807) is 0 Å². The van der Waals surface area contributed by atoms with Crippen molar-refractivity contribution in [2.75, 3.05) is 6.54 Å². The van der Waals surface area contributed by atoms with Crippen LogP contribution in [0.1, 0.15) is 57.8 Å². The van der Waals surface area contributed by atoms with Gasteiger partial charge in [-0.2, -0.15) is 0 Å². The molecule has 1 atom stereocenters. The molecule has 4 heteroatoms. The Morgan fingerprint density at radius 3 is 2.50 bits per heavy atom. The Labute approximate surface area is 115 Å². The van der Waals surface area contributed by atoms with Gasteiger partial charge in [-0.3, -0.25) is 4.79 Å². The first-order chi connectivity index (χ1) is 8.68. The second-order valence-corrected chi connectivity index (χ2v) is 6.16. The van der Waals surface area contributed by atoms with Crippen LogP contribution < -0.4 is 5.73 Å². The predicted molar refractivity (Wildman–Crippen MR) is 77.3 cm³/mol. The highest BCUT2D eigenvalue weighted by Gasteiger charge is 2.28. The summed E-state index contributed by atoms with van der Waals surface area (Å²) in [6.45, 7) is 0.839. The molecule has 0 radical (unpaired) electrons. The van der Waals surface area contributed by atoms with Crippen molar-refractivity contribution in [3.8, 4) is 0 Å². The fraction of sp³-hybridized carbons (Fsp3) is 0.857. The van der Waals surface area contributed by atoms with Crippen LogP contribution in [-0.2, 0) is 4.79 Å². The highest BCUT2D eigenvalue weighted by molar-refractivity contribution is 7.80. The molecule has 102 valence electrons. The molecule has 0 aromatic heterocycles. The second-order valence-electron chi connectivity index (χ2n) is 5.69. The van der Waals surface area contributed by atoms with E-state index in [-0.39, 0.29) is 11.9 Å². The minimum atomic E-state index is 0.0184. The van der Waals surface area contributed by atoms with Crippen molar-refractivity contribution in [1.82, 2.24) is 4.90 Å². The summed E-state index contributed by atoms with van der Waals surface area (Å²) in [5.41, 5.74) is 5.75. The molecule has 3 nitrogen and oxygen atoms in total. The number of amides is 1. The first-order valence-electron chi connectivity index (χ1n) is 7.27. The maximum atomic E-state index is 12.3. The highest BCUT2D eigenvalue weighted by Crippen LogP contribution is 2.29. The van der Waals surface area contributed by atoms with Gasteiger partial charge in [-0.1, -0.05) is 37.9 Å². The first-order valence-corrected chi connectivity index (χ1v) is 7.68. The minimum Gasteiger partial charge on any atom is -0.392 e. The Hall–Kier alpha value is -0.640. The molecule has 1 aliphatic carbocycles. The summed E-state index contributed by atoms with van der Waals surface area (Å²) in [7, 11) is 0. The Kier molecular flexibility index (Phi) is 4.98. The molecule has 1 aliphatic heterocycles. The summed E-state index contributed by atoms with van der Waals surface area (Å²) < 4.78 is 0. The average Bonchev–Trinajstić information content (AvgIpc) is 2.89. The van der Waals surface area contributed by atoms with Crippen LogP contribution >= 0.6 is 12.2 Å². The van der Waals surface area contributed by atoms with Gasteiger partial charge in [0.25, 0.3) is 0 Å². The molecule has 18 heavy (non-hydrogen) atoms. The largest absolute Gasteiger partial charge is 0.392 e. The lowest BCUT2D eigenvalue weighted by atomic mass is 9.98. The summed E-state index contributed by atoms with van der Waals surface area (Å²) in [5, 5.41) is 0. The van der Waals surface area contributed by atoms with Crippen molar-refractivity contribution in [2.45, 2.75) is 63.8 Å². The van der Waals surface area contributed by atoms with E-state index in [0.717, 1.165) is 38.1 Å². The Morgan fingerprint density at radius 2 is 1.83 bits per heavy atom. The number of likely N-dealkylation sites (tertiary alicyclic amines) is 1. The number of nitrogens with two attached hydrogens (primary N) is 1. The van der Waals surface area contributed by atoms with Gasteiger partial charge in [-0.05, 0) is 31.6 Å². The van der Waals surface area contributed by atoms with Crippen molar-refractivity contribution >= 4 is 23.1 Å². The first kappa shape index (κ1) is 13.8. The monoisotopic (exact) mass is 268 g/mol. The Bertz CT molecular complexity index is 313. The van der Waals surface area contributed by atoms with Crippen molar-refractivity contribution < 1.29 is 4.79 Å². The summed E-state index contributed by atoms with van der Waals surface area (Å²) in [4.78, 5) is 14.7. The summed E-state index contributed by atoms with van der Waals surface area (Å²) >= 11 is 5.09. The molecule has 1 saturated heterocycles. The molecule has 0 spiro atoms. The maximum absolute atomic E-state index is 12.3. The number of hydrogen-bond donors (Lipinski definition) is 1. The topological polar surface area (TPSA) is 46.3 Å². The van der Waals surface area contributed by atoms with Gasteiger partial charge in [0.05, 0.1) is 11.0 Å². The minimum absolute atomic E-state index is 0.0184.